The van der Waals surface area contributed by atoms with Gasteiger partial charge >= 0.3 is 0 Å². The predicted octanol–water partition coefficient (Wildman–Crippen LogP) is 2.21. The van der Waals surface area contributed by atoms with Crippen LogP contribution in [0.3, 0.4) is 0 Å². The Kier molecular flexibility index (Phi) is 4.41. The smallest absolute Gasteiger partial charge is 0.269 e. The Bertz CT molecular complexity index is 514. The molecule has 0 bridgehead atoms. The molecule has 5 heteroatoms. The summed E-state index contributed by atoms with van der Waals surface area (Å²) in [5, 5.41) is 2.81. The highest BCUT2D eigenvalue weighted by atomic mass is 79.9. The first kappa shape index (κ1) is 12.7. The van der Waals surface area contributed by atoms with E-state index in [1.165, 1.54) is 0 Å². The lowest BCUT2D eigenvalue weighted by Crippen LogP contribution is -2.26. The highest BCUT2D eigenvalue weighted by molar-refractivity contribution is 9.10. The monoisotopic (exact) mass is 305 g/mol. The van der Waals surface area contributed by atoms with Crippen molar-refractivity contribution in [2.45, 2.75) is 6.42 Å². The Morgan fingerprint density at radius 3 is 2.78 bits per heavy atom. The van der Waals surface area contributed by atoms with Gasteiger partial charge in [0.2, 0.25) is 0 Å². The van der Waals surface area contributed by atoms with E-state index in [1.54, 1.807) is 24.5 Å². The number of nitrogens with zero attached hydrogens (tertiary/aromatic N) is 2. The predicted molar refractivity (Wildman–Crippen MR) is 72.2 cm³/mol. The second kappa shape index (κ2) is 6.26. The molecule has 0 saturated heterocycles. The average Bonchev–Trinajstić information content (AvgIpc) is 2.40. The van der Waals surface area contributed by atoms with E-state index in [2.05, 4.69) is 31.2 Å². The van der Waals surface area contributed by atoms with Crippen molar-refractivity contribution in [2.75, 3.05) is 6.54 Å². The van der Waals surface area contributed by atoms with E-state index in [1.807, 2.05) is 18.2 Å². The average molecular weight is 306 g/mol. The number of aromatic nitrogens is 2. The third-order valence-corrected chi connectivity index (χ3v) is 2.82. The summed E-state index contributed by atoms with van der Waals surface area (Å²) in [6.45, 7) is 0.549. The zero-order chi connectivity index (χ0) is 12.8. The fourth-order valence-corrected chi connectivity index (χ4v) is 1.69. The molecule has 0 aliphatic carbocycles. The van der Waals surface area contributed by atoms with Gasteiger partial charge in [-0.25, -0.2) is 4.98 Å². The van der Waals surface area contributed by atoms with E-state index in [0.29, 0.717) is 18.7 Å². The molecule has 1 N–H and O–H groups in total. The summed E-state index contributed by atoms with van der Waals surface area (Å²) in [4.78, 5) is 20.0. The highest BCUT2D eigenvalue weighted by Crippen LogP contribution is 2.07. The summed E-state index contributed by atoms with van der Waals surface area (Å²) in [6, 6.07) is 9.21. The van der Waals surface area contributed by atoms with Crippen molar-refractivity contribution >= 4 is 21.8 Å². The molecule has 4 nitrogen and oxygen atoms in total. The Labute approximate surface area is 114 Å². The molecule has 92 valence electrons. The van der Waals surface area contributed by atoms with Crippen LogP contribution in [0.4, 0.5) is 0 Å². The van der Waals surface area contributed by atoms with Crippen LogP contribution in [0.1, 0.15) is 16.2 Å². The molecule has 2 rings (SSSR count). The molecule has 0 saturated carbocycles. The lowest BCUT2D eigenvalue weighted by molar-refractivity contribution is 0.0949. The van der Waals surface area contributed by atoms with Crippen LogP contribution >= 0.6 is 15.9 Å². The van der Waals surface area contributed by atoms with E-state index in [4.69, 9.17) is 0 Å². The normalized spacial score (nSPS) is 10.1. The van der Waals surface area contributed by atoms with Crippen molar-refractivity contribution in [3.05, 3.63) is 58.6 Å². The van der Waals surface area contributed by atoms with Crippen molar-refractivity contribution in [3.8, 4) is 0 Å². The fourth-order valence-electron chi connectivity index (χ4n) is 1.45. The zero-order valence-corrected chi connectivity index (χ0v) is 11.2. The molecule has 0 aliphatic heterocycles. The van der Waals surface area contributed by atoms with E-state index in [0.717, 1.165) is 10.2 Å². The first-order valence-electron chi connectivity index (χ1n) is 5.55. The molecule has 0 atom stereocenters. The van der Waals surface area contributed by atoms with Crippen molar-refractivity contribution in [2.24, 2.45) is 0 Å². The van der Waals surface area contributed by atoms with Gasteiger partial charge in [0.25, 0.3) is 5.91 Å². The van der Waals surface area contributed by atoms with Gasteiger partial charge in [-0.1, -0.05) is 6.07 Å². The highest BCUT2D eigenvalue weighted by Gasteiger charge is 2.05. The number of halogens is 1. The van der Waals surface area contributed by atoms with Crippen LogP contribution in [0.2, 0.25) is 0 Å². The standard InChI is InChI=1S/C13H12BrN3O/c14-10-4-5-12(17-9-10)13(18)16-8-6-11-3-1-2-7-15-11/h1-5,7,9H,6,8H2,(H,16,18). The maximum absolute atomic E-state index is 11.7. The Morgan fingerprint density at radius 2 is 2.11 bits per heavy atom. The second-order valence-electron chi connectivity index (χ2n) is 3.69. The summed E-state index contributed by atoms with van der Waals surface area (Å²) in [7, 11) is 0. The molecular weight excluding hydrogens is 294 g/mol. The van der Waals surface area contributed by atoms with E-state index >= 15 is 0 Å². The lowest BCUT2D eigenvalue weighted by Gasteiger charge is -2.04. The van der Waals surface area contributed by atoms with Gasteiger partial charge in [-0.15, -0.1) is 0 Å². The SMILES string of the molecule is O=C(NCCc1ccccn1)c1ccc(Br)cn1. The summed E-state index contributed by atoms with van der Waals surface area (Å²) in [5.74, 6) is -0.168. The first-order chi connectivity index (χ1) is 8.75. The number of amides is 1. The van der Waals surface area contributed by atoms with E-state index in [9.17, 15) is 4.79 Å². The van der Waals surface area contributed by atoms with Crippen LogP contribution in [-0.2, 0) is 6.42 Å². The maximum atomic E-state index is 11.7. The third kappa shape index (κ3) is 3.63. The Hall–Kier alpha value is -1.75. The molecule has 0 spiro atoms. The van der Waals surface area contributed by atoms with Gasteiger partial charge in [0.05, 0.1) is 0 Å². The van der Waals surface area contributed by atoms with Gasteiger partial charge in [-0.05, 0) is 40.2 Å². The molecule has 1 amide bonds. The lowest BCUT2D eigenvalue weighted by atomic mass is 10.2. The minimum atomic E-state index is -0.168. The molecule has 2 aromatic heterocycles. The quantitative estimate of drug-likeness (QED) is 0.942. The number of pyridine rings is 2. The molecule has 2 heterocycles. The van der Waals surface area contributed by atoms with Gasteiger partial charge < -0.3 is 5.32 Å². The molecule has 0 aromatic carbocycles. The zero-order valence-electron chi connectivity index (χ0n) is 9.64. The van der Waals surface area contributed by atoms with E-state index < -0.39 is 0 Å². The maximum Gasteiger partial charge on any atom is 0.269 e. The summed E-state index contributed by atoms with van der Waals surface area (Å²) < 4.78 is 0.854. The molecule has 0 unspecified atom stereocenters. The van der Waals surface area contributed by atoms with Gasteiger partial charge in [0, 0.05) is 35.5 Å². The summed E-state index contributed by atoms with van der Waals surface area (Å²) >= 11 is 3.28. The van der Waals surface area contributed by atoms with Gasteiger partial charge in [0.15, 0.2) is 0 Å². The van der Waals surface area contributed by atoms with E-state index in [-0.39, 0.29) is 5.91 Å². The fraction of sp³-hybridized carbons (Fsp3) is 0.154. The number of hydrogen-bond acceptors (Lipinski definition) is 3. The molecule has 18 heavy (non-hydrogen) atoms. The molecule has 0 fully saturated rings. The van der Waals surface area contributed by atoms with Crippen molar-refractivity contribution < 1.29 is 4.79 Å². The van der Waals surface area contributed by atoms with Crippen molar-refractivity contribution in [3.63, 3.8) is 0 Å². The van der Waals surface area contributed by atoms with Crippen molar-refractivity contribution in [1.82, 2.24) is 15.3 Å². The van der Waals surface area contributed by atoms with Gasteiger partial charge in [0.1, 0.15) is 5.69 Å². The summed E-state index contributed by atoms with van der Waals surface area (Å²) in [6.07, 6.45) is 4.06. The summed E-state index contributed by atoms with van der Waals surface area (Å²) in [5.41, 5.74) is 1.38. The third-order valence-electron chi connectivity index (χ3n) is 2.35. The number of carbonyl (C=O) groups excluding carboxylic acids is 1. The van der Waals surface area contributed by atoms with Crippen LogP contribution in [0, 0.1) is 0 Å². The number of carbonyl (C=O) groups is 1. The number of rotatable bonds is 4. The van der Waals surface area contributed by atoms with Gasteiger partial charge in [-0.2, -0.15) is 0 Å². The van der Waals surface area contributed by atoms with Crippen LogP contribution in [0.15, 0.2) is 47.2 Å². The van der Waals surface area contributed by atoms with Crippen molar-refractivity contribution in [1.29, 1.82) is 0 Å². The molecule has 2 aromatic rings. The number of nitrogens with one attached hydrogen (secondary N) is 1. The van der Waals surface area contributed by atoms with Crippen LogP contribution in [0.5, 0.6) is 0 Å². The molecule has 0 aliphatic rings. The molecular formula is C13H12BrN3O. The topological polar surface area (TPSA) is 54.9 Å². The minimum Gasteiger partial charge on any atom is -0.350 e. The van der Waals surface area contributed by atoms with Crippen LogP contribution < -0.4 is 5.32 Å². The Morgan fingerprint density at radius 1 is 1.22 bits per heavy atom. The van der Waals surface area contributed by atoms with Crippen LogP contribution in [0.25, 0.3) is 0 Å². The second-order valence-corrected chi connectivity index (χ2v) is 4.60. The van der Waals surface area contributed by atoms with Crippen LogP contribution in [-0.4, -0.2) is 22.4 Å². The minimum absolute atomic E-state index is 0.168. The van der Waals surface area contributed by atoms with Gasteiger partial charge in [-0.3, -0.25) is 9.78 Å². The molecule has 0 radical (unpaired) electrons. The largest absolute Gasteiger partial charge is 0.350 e. The Balaban J connectivity index is 1.84. The number of hydrogen-bond donors (Lipinski definition) is 1. The first-order valence-corrected chi connectivity index (χ1v) is 6.34.